The van der Waals surface area contributed by atoms with Crippen LogP contribution in [-0.4, -0.2) is 29.7 Å². The van der Waals surface area contributed by atoms with Gasteiger partial charge in [0.1, 0.15) is 0 Å². The van der Waals surface area contributed by atoms with Crippen LogP contribution in [0, 0.1) is 0 Å². The summed E-state index contributed by atoms with van der Waals surface area (Å²) in [5.41, 5.74) is 1.05. The number of nitrogens with one attached hydrogen (secondary N) is 2. The van der Waals surface area contributed by atoms with E-state index in [-0.39, 0.29) is 12.5 Å². The van der Waals surface area contributed by atoms with Crippen molar-refractivity contribution in [3.05, 3.63) is 29.8 Å². The van der Waals surface area contributed by atoms with E-state index in [1.165, 1.54) is 6.42 Å². The standard InChI is InChI=1S/C16H24N2O2/c1-2-17-14-9-5-4-8-13(14)15(20)18-16(12-19)10-6-3-7-11-16/h4-5,8-9,17,19H,2-3,6-7,10-12H2,1H3,(H,18,20). The maximum absolute atomic E-state index is 12.5. The summed E-state index contributed by atoms with van der Waals surface area (Å²) in [6.45, 7) is 2.79. The number of rotatable bonds is 5. The molecule has 1 fully saturated rings. The second-order valence-electron chi connectivity index (χ2n) is 5.53. The summed E-state index contributed by atoms with van der Waals surface area (Å²) >= 11 is 0. The molecule has 4 heteroatoms. The minimum atomic E-state index is -0.436. The van der Waals surface area contributed by atoms with Gasteiger partial charge < -0.3 is 15.7 Å². The number of carbonyl (C=O) groups is 1. The molecule has 1 amide bonds. The lowest BCUT2D eigenvalue weighted by Crippen LogP contribution is -2.52. The predicted octanol–water partition coefficient (Wildman–Crippen LogP) is 2.54. The summed E-state index contributed by atoms with van der Waals surface area (Å²) in [7, 11) is 0. The number of benzene rings is 1. The van der Waals surface area contributed by atoms with Gasteiger partial charge in [-0.15, -0.1) is 0 Å². The molecule has 0 unspecified atom stereocenters. The number of anilines is 1. The Bertz CT molecular complexity index is 454. The highest BCUT2D eigenvalue weighted by Crippen LogP contribution is 2.28. The molecule has 0 radical (unpaired) electrons. The zero-order valence-electron chi connectivity index (χ0n) is 12.1. The molecule has 1 aromatic carbocycles. The quantitative estimate of drug-likeness (QED) is 0.774. The highest BCUT2D eigenvalue weighted by atomic mass is 16.3. The van der Waals surface area contributed by atoms with Gasteiger partial charge in [-0.25, -0.2) is 0 Å². The number of carbonyl (C=O) groups excluding carboxylic acids is 1. The van der Waals surface area contributed by atoms with Crippen molar-refractivity contribution in [1.29, 1.82) is 0 Å². The predicted molar refractivity (Wildman–Crippen MR) is 81.0 cm³/mol. The van der Waals surface area contributed by atoms with Gasteiger partial charge in [0, 0.05) is 12.2 Å². The summed E-state index contributed by atoms with van der Waals surface area (Å²) in [4.78, 5) is 12.5. The van der Waals surface area contributed by atoms with E-state index >= 15 is 0 Å². The zero-order chi connectivity index (χ0) is 14.4. The van der Waals surface area contributed by atoms with E-state index in [0.29, 0.717) is 5.56 Å². The molecule has 0 bridgehead atoms. The molecule has 2 rings (SSSR count). The molecule has 0 aromatic heterocycles. The summed E-state index contributed by atoms with van der Waals surface area (Å²) in [6, 6.07) is 7.51. The van der Waals surface area contributed by atoms with E-state index < -0.39 is 5.54 Å². The molecule has 110 valence electrons. The van der Waals surface area contributed by atoms with Crippen LogP contribution in [0.15, 0.2) is 24.3 Å². The van der Waals surface area contributed by atoms with Gasteiger partial charge in [0.15, 0.2) is 0 Å². The number of para-hydroxylation sites is 1. The Hall–Kier alpha value is -1.55. The fourth-order valence-corrected chi connectivity index (χ4v) is 2.89. The van der Waals surface area contributed by atoms with Gasteiger partial charge in [0.2, 0.25) is 0 Å². The molecule has 0 saturated heterocycles. The minimum Gasteiger partial charge on any atom is -0.394 e. The lowest BCUT2D eigenvalue weighted by Gasteiger charge is -2.36. The molecule has 1 aliphatic carbocycles. The van der Waals surface area contributed by atoms with Crippen LogP contribution in [0.25, 0.3) is 0 Å². The topological polar surface area (TPSA) is 61.4 Å². The molecule has 0 heterocycles. The third kappa shape index (κ3) is 3.31. The summed E-state index contributed by atoms with van der Waals surface area (Å²) in [5.74, 6) is -0.0995. The number of amides is 1. The molecule has 1 saturated carbocycles. The smallest absolute Gasteiger partial charge is 0.253 e. The Morgan fingerprint density at radius 1 is 1.25 bits per heavy atom. The number of hydrogen-bond donors (Lipinski definition) is 3. The van der Waals surface area contributed by atoms with Crippen molar-refractivity contribution in [2.24, 2.45) is 0 Å². The van der Waals surface area contributed by atoms with Gasteiger partial charge in [-0.1, -0.05) is 31.4 Å². The van der Waals surface area contributed by atoms with Gasteiger partial charge in [0.05, 0.1) is 17.7 Å². The molecule has 3 N–H and O–H groups in total. The van der Waals surface area contributed by atoms with Crippen molar-refractivity contribution < 1.29 is 9.90 Å². The van der Waals surface area contributed by atoms with Crippen molar-refractivity contribution >= 4 is 11.6 Å². The van der Waals surface area contributed by atoms with Crippen molar-refractivity contribution in [3.8, 4) is 0 Å². The molecule has 0 atom stereocenters. The zero-order valence-corrected chi connectivity index (χ0v) is 12.1. The molecule has 0 spiro atoms. The SMILES string of the molecule is CCNc1ccccc1C(=O)NC1(CO)CCCCC1. The van der Waals surface area contributed by atoms with E-state index in [9.17, 15) is 9.90 Å². The minimum absolute atomic E-state index is 0.0160. The first kappa shape index (κ1) is 14.9. The van der Waals surface area contributed by atoms with Crippen molar-refractivity contribution in [1.82, 2.24) is 5.32 Å². The van der Waals surface area contributed by atoms with Crippen LogP contribution in [0.2, 0.25) is 0 Å². The number of aliphatic hydroxyl groups is 1. The highest BCUT2D eigenvalue weighted by molar-refractivity contribution is 6.00. The van der Waals surface area contributed by atoms with E-state index in [0.717, 1.165) is 37.9 Å². The fourth-order valence-electron chi connectivity index (χ4n) is 2.89. The van der Waals surface area contributed by atoms with Crippen LogP contribution in [0.4, 0.5) is 5.69 Å². The van der Waals surface area contributed by atoms with Crippen molar-refractivity contribution in [3.63, 3.8) is 0 Å². The molecular weight excluding hydrogens is 252 g/mol. The third-order valence-electron chi connectivity index (χ3n) is 4.03. The fraction of sp³-hybridized carbons (Fsp3) is 0.562. The molecular formula is C16H24N2O2. The van der Waals surface area contributed by atoms with E-state index in [1.807, 2.05) is 31.2 Å². The normalized spacial score (nSPS) is 17.5. The lowest BCUT2D eigenvalue weighted by atomic mass is 9.82. The second kappa shape index (κ2) is 6.75. The number of hydrogen-bond acceptors (Lipinski definition) is 3. The lowest BCUT2D eigenvalue weighted by molar-refractivity contribution is 0.0759. The summed E-state index contributed by atoms with van der Waals surface area (Å²) < 4.78 is 0. The monoisotopic (exact) mass is 276 g/mol. The van der Waals surface area contributed by atoms with Gasteiger partial charge in [0.25, 0.3) is 5.91 Å². The highest BCUT2D eigenvalue weighted by Gasteiger charge is 2.33. The van der Waals surface area contributed by atoms with Crippen LogP contribution < -0.4 is 10.6 Å². The average molecular weight is 276 g/mol. The van der Waals surface area contributed by atoms with Crippen LogP contribution in [0.3, 0.4) is 0 Å². The Kier molecular flexibility index (Phi) is 5.01. The van der Waals surface area contributed by atoms with Crippen LogP contribution >= 0.6 is 0 Å². The Morgan fingerprint density at radius 2 is 1.95 bits per heavy atom. The molecule has 20 heavy (non-hydrogen) atoms. The van der Waals surface area contributed by atoms with E-state index in [4.69, 9.17) is 0 Å². The molecule has 0 aliphatic heterocycles. The van der Waals surface area contributed by atoms with Gasteiger partial charge >= 0.3 is 0 Å². The first-order valence-electron chi connectivity index (χ1n) is 7.47. The van der Waals surface area contributed by atoms with Crippen molar-refractivity contribution in [2.75, 3.05) is 18.5 Å². The largest absolute Gasteiger partial charge is 0.394 e. The Balaban J connectivity index is 2.14. The maximum Gasteiger partial charge on any atom is 0.253 e. The third-order valence-corrected chi connectivity index (χ3v) is 4.03. The van der Waals surface area contributed by atoms with Gasteiger partial charge in [-0.3, -0.25) is 4.79 Å². The van der Waals surface area contributed by atoms with E-state index in [2.05, 4.69) is 10.6 Å². The summed E-state index contributed by atoms with van der Waals surface area (Å²) in [5, 5.41) is 15.9. The average Bonchev–Trinajstić information content (AvgIpc) is 2.49. The van der Waals surface area contributed by atoms with Crippen LogP contribution in [-0.2, 0) is 0 Å². The maximum atomic E-state index is 12.5. The molecule has 1 aromatic rings. The first-order valence-corrected chi connectivity index (χ1v) is 7.47. The van der Waals surface area contributed by atoms with Crippen LogP contribution in [0.1, 0.15) is 49.4 Å². The van der Waals surface area contributed by atoms with Crippen LogP contribution in [0.5, 0.6) is 0 Å². The Labute approximate surface area is 120 Å². The molecule has 1 aliphatic rings. The second-order valence-corrected chi connectivity index (χ2v) is 5.53. The first-order chi connectivity index (χ1) is 9.71. The van der Waals surface area contributed by atoms with Crippen molar-refractivity contribution in [2.45, 2.75) is 44.6 Å². The number of aliphatic hydroxyl groups excluding tert-OH is 1. The van der Waals surface area contributed by atoms with E-state index in [1.54, 1.807) is 0 Å². The van der Waals surface area contributed by atoms with Gasteiger partial charge in [-0.2, -0.15) is 0 Å². The molecule has 4 nitrogen and oxygen atoms in total. The Morgan fingerprint density at radius 3 is 2.60 bits per heavy atom. The van der Waals surface area contributed by atoms with Gasteiger partial charge in [-0.05, 0) is 31.9 Å². The summed E-state index contributed by atoms with van der Waals surface area (Å²) in [6.07, 6.45) is 5.04.